The van der Waals surface area contributed by atoms with Crippen molar-refractivity contribution in [2.75, 3.05) is 0 Å². The lowest BCUT2D eigenvalue weighted by Crippen LogP contribution is -2.20. The van der Waals surface area contributed by atoms with Crippen LogP contribution in [0.25, 0.3) is 0 Å². The molecule has 22 heavy (non-hydrogen) atoms. The van der Waals surface area contributed by atoms with E-state index in [9.17, 15) is 9.18 Å². The normalized spacial score (nSPS) is 9.95. The summed E-state index contributed by atoms with van der Waals surface area (Å²) in [5, 5.41) is 2.81. The summed E-state index contributed by atoms with van der Waals surface area (Å²) in [6.07, 6.45) is 1.56. The number of carbonyl (C=O) groups is 1. The van der Waals surface area contributed by atoms with Gasteiger partial charge in [0.2, 0.25) is 5.91 Å². The molecule has 0 spiro atoms. The van der Waals surface area contributed by atoms with Gasteiger partial charge >= 0.3 is 0 Å². The van der Waals surface area contributed by atoms with E-state index in [1.54, 1.807) is 18.2 Å². The Bertz CT molecular complexity index is 656. The number of carbonyl (C=O) groups excluding carboxylic acids is 1. The summed E-state index contributed by atoms with van der Waals surface area (Å²) in [4.78, 5) is 11.5. The van der Waals surface area contributed by atoms with Gasteiger partial charge in [-0.2, -0.15) is 0 Å². The largest absolute Gasteiger partial charge is 0.457 e. The predicted molar refractivity (Wildman–Crippen MR) is 84.2 cm³/mol. The van der Waals surface area contributed by atoms with Crippen LogP contribution in [0.4, 0.5) is 4.39 Å². The minimum absolute atomic E-state index is 0.105. The molecule has 0 bridgehead atoms. The van der Waals surface area contributed by atoms with Crippen LogP contribution in [0, 0.1) is 5.82 Å². The van der Waals surface area contributed by atoms with Crippen molar-refractivity contribution < 1.29 is 13.9 Å². The van der Waals surface area contributed by atoms with Crippen LogP contribution in [-0.2, 0) is 11.3 Å². The summed E-state index contributed by atoms with van der Waals surface area (Å²) in [6.45, 7) is 4.21. The molecule has 2 aromatic carbocycles. The Morgan fingerprint density at radius 2 is 1.59 bits per heavy atom. The Hall–Kier alpha value is -2.62. The summed E-state index contributed by atoms with van der Waals surface area (Å²) in [7, 11) is 0. The van der Waals surface area contributed by atoms with Crippen LogP contribution < -0.4 is 10.1 Å². The van der Waals surface area contributed by atoms with E-state index in [0.717, 1.165) is 11.1 Å². The van der Waals surface area contributed by atoms with E-state index >= 15 is 0 Å². The molecule has 0 radical (unpaired) electrons. The molecule has 0 aliphatic heterocycles. The molecule has 114 valence electrons. The molecule has 2 rings (SSSR count). The van der Waals surface area contributed by atoms with Crippen LogP contribution in [0.2, 0.25) is 0 Å². The third-order valence-electron chi connectivity index (χ3n) is 2.86. The first-order valence-electron chi connectivity index (χ1n) is 6.98. The highest BCUT2D eigenvalue weighted by molar-refractivity contribution is 5.87. The molecule has 0 aromatic heterocycles. The molecule has 0 heterocycles. The molecule has 0 unspecified atom stereocenters. The van der Waals surface area contributed by atoms with E-state index < -0.39 is 0 Å². The lowest BCUT2D eigenvalue weighted by Gasteiger charge is -2.07. The highest BCUT2D eigenvalue weighted by Crippen LogP contribution is 2.21. The van der Waals surface area contributed by atoms with Crippen LogP contribution in [0.3, 0.4) is 0 Å². The highest BCUT2D eigenvalue weighted by Gasteiger charge is 2.00. The molecule has 3 nitrogen and oxygen atoms in total. The van der Waals surface area contributed by atoms with E-state index in [1.165, 1.54) is 12.1 Å². The number of rotatable bonds is 5. The van der Waals surface area contributed by atoms with Gasteiger partial charge in [-0.25, -0.2) is 4.39 Å². The number of hydrogen-bond donors (Lipinski definition) is 1. The molecule has 0 aliphatic carbocycles. The quantitative estimate of drug-likeness (QED) is 0.840. The summed E-state index contributed by atoms with van der Waals surface area (Å²) < 4.78 is 18.4. The Morgan fingerprint density at radius 3 is 2.14 bits per heavy atom. The Morgan fingerprint density at radius 1 is 1.05 bits per heavy atom. The van der Waals surface area contributed by atoms with Gasteiger partial charge in [-0.1, -0.05) is 17.7 Å². The molecule has 0 fully saturated rings. The molecule has 2 aromatic rings. The van der Waals surface area contributed by atoms with Gasteiger partial charge in [0, 0.05) is 12.6 Å². The average Bonchev–Trinajstić information content (AvgIpc) is 2.48. The van der Waals surface area contributed by atoms with E-state index in [4.69, 9.17) is 4.74 Å². The monoisotopic (exact) mass is 299 g/mol. The summed E-state index contributed by atoms with van der Waals surface area (Å²) in [5.41, 5.74) is 1.93. The number of allylic oxidation sites excluding steroid dienone is 1. The lowest BCUT2D eigenvalue weighted by atomic mass is 10.2. The molecule has 1 amide bonds. The fraction of sp³-hybridized carbons (Fsp3) is 0.167. The number of hydrogen-bond acceptors (Lipinski definition) is 2. The van der Waals surface area contributed by atoms with Gasteiger partial charge in [-0.15, -0.1) is 0 Å². The van der Waals surface area contributed by atoms with Crippen LogP contribution in [-0.4, -0.2) is 5.91 Å². The second kappa shape index (κ2) is 7.41. The van der Waals surface area contributed by atoms with Crippen molar-refractivity contribution in [3.8, 4) is 11.5 Å². The van der Waals surface area contributed by atoms with Gasteiger partial charge in [0.1, 0.15) is 17.3 Å². The minimum Gasteiger partial charge on any atom is -0.457 e. The smallest absolute Gasteiger partial charge is 0.244 e. The zero-order chi connectivity index (χ0) is 15.9. The number of amides is 1. The van der Waals surface area contributed by atoms with Crippen LogP contribution >= 0.6 is 0 Å². The minimum atomic E-state index is -0.296. The standard InChI is InChI=1S/C18H18FNO2/c1-13(2)11-18(21)20-12-14-3-7-16(8-4-14)22-17-9-5-15(19)6-10-17/h3-11H,12H2,1-2H3,(H,20,21). The van der Waals surface area contributed by atoms with E-state index in [0.29, 0.717) is 18.0 Å². The first-order chi connectivity index (χ1) is 10.5. The summed E-state index contributed by atoms with van der Waals surface area (Å²) in [5.74, 6) is 0.832. The van der Waals surface area contributed by atoms with Gasteiger partial charge in [-0.05, 0) is 55.8 Å². The molecule has 0 atom stereocenters. The molecule has 0 saturated heterocycles. The number of ether oxygens (including phenoxy) is 1. The molecule has 0 aliphatic rings. The maximum atomic E-state index is 12.8. The molecule has 0 saturated carbocycles. The van der Waals surface area contributed by atoms with Crippen molar-refractivity contribution in [1.82, 2.24) is 5.32 Å². The van der Waals surface area contributed by atoms with E-state index in [1.807, 2.05) is 38.1 Å². The Labute approximate surface area is 129 Å². The molecular formula is C18H18FNO2. The number of benzene rings is 2. The third-order valence-corrected chi connectivity index (χ3v) is 2.86. The summed E-state index contributed by atoms with van der Waals surface area (Å²) in [6, 6.07) is 13.2. The van der Waals surface area contributed by atoms with Gasteiger partial charge in [0.05, 0.1) is 0 Å². The fourth-order valence-corrected chi connectivity index (χ4v) is 1.82. The van der Waals surface area contributed by atoms with E-state index in [2.05, 4.69) is 5.32 Å². The second-order valence-electron chi connectivity index (χ2n) is 5.14. The van der Waals surface area contributed by atoms with Crippen LogP contribution in [0.5, 0.6) is 11.5 Å². The van der Waals surface area contributed by atoms with Crippen molar-refractivity contribution >= 4 is 5.91 Å². The first-order valence-corrected chi connectivity index (χ1v) is 6.98. The Kier molecular flexibility index (Phi) is 5.31. The van der Waals surface area contributed by atoms with Crippen LogP contribution in [0.1, 0.15) is 19.4 Å². The van der Waals surface area contributed by atoms with Gasteiger partial charge in [-0.3, -0.25) is 4.79 Å². The predicted octanol–water partition coefficient (Wildman–Crippen LogP) is 4.20. The van der Waals surface area contributed by atoms with Crippen molar-refractivity contribution in [2.45, 2.75) is 20.4 Å². The van der Waals surface area contributed by atoms with Crippen molar-refractivity contribution in [2.24, 2.45) is 0 Å². The van der Waals surface area contributed by atoms with Gasteiger partial charge in [0.25, 0.3) is 0 Å². The zero-order valence-corrected chi connectivity index (χ0v) is 12.6. The molecular weight excluding hydrogens is 281 g/mol. The SMILES string of the molecule is CC(C)=CC(=O)NCc1ccc(Oc2ccc(F)cc2)cc1. The summed E-state index contributed by atoms with van der Waals surface area (Å²) >= 11 is 0. The van der Waals surface area contributed by atoms with Crippen LogP contribution in [0.15, 0.2) is 60.2 Å². The topological polar surface area (TPSA) is 38.3 Å². The second-order valence-corrected chi connectivity index (χ2v) is 5.14. The van der Waals surface area contributed by atoms with Gasteiger partial charge in [0.15, 0.2) is 0 Å². The highest BCUT2D eigenvalue weighted by atomic mass is 19.1. The number of nitrogens with one attached hydrogen (secondary N) is 1. The zero-order valence-electron chi connectivity index (χ0n) is 12.6. The maximum Gasteiger partial charge on any atom is 0.244 e. The maximum absolute atomic E-state index is 12.8. The first kappa shape index (κ1) is 15.8. The lowest BCUT2D eigenvalue weighted by molar-refractivity contribution is -0.116. The van der Waals surface area contributed by atoms with E-state index in [-0.39, 0.29) is 11.7 Å². The van der Waals surface area contributed by atoms with Crippen molar-refractivity contribution in [3.63, 3.8) is 0 Å². The molecule has 4 heteroatoms. The fourth-order valence-electron chi connectivity index (χ4n) is 1.82. The number of halogens is 1. The van der Waals surface area contributed by atoms with Gasteiger partial charge < -0.3 is 10.1 Å². The van der Waals surface area contributed by atoms with Crippen molar-refractivity contribution in [1.29, 1.82) is 0 Å². The van der Waals surface area contributed by atoms with Crippen molar-refractivity contribution in [3.05, 3.63) is 71.6 Å². The average molecular weight is 299 g/mol. The molecule has 1 N–H and O–H groups in total. The Balaban J connectivity index is 1.91. The third kappa shape index (κ3) is 5.05.